The van der Waals surface area contributed by atoms with Crippen molar-refractivity contribution >= 4 is 118 Å². The molecule has 322 valence electrons. The highest BCUT2D eigenvalue weighted by Crippen LogP contribution is 2.61. The monoisotopic (exact) mass is 892 g/mol. The van der Waals surface area contributed by atoms with Crippen molar-refractivity contribution in [2.45, 2.75) is 6.92 Å². The van der Waals surface area contributed by atoms with Crippen LogP contribution in [0.4, 0.5) is 0 Å². The van der Waals surface area contributed by atoms with Gasteiger partial charge in [-0.15, -0.1) is 0 Å². The van der Waals surface area contributed by atoms with Crippen molar-refractivity contribution in [1.29, 1.82) is 0 Å². The molecule has 0 atom stereocenters. The summed E-state index contributed by atoms with van der Waals surface area (Å²) in [6.07, 6.45) is 0. The second kappa shape index (κ2) is 13.8. The predicted molar refractivity (Wildman–Crippen MR) is 264 cm³/mol. The predicted octanol–water partition coefficient (Wildman–Crippen LogP) is 5.81. The summed E-state index contributed by atoms with van der Waals surface area (Å²) in [6.45, 7) is 1.49. The molecule has 0 aliphatic carbocycles. The maximum Gasteiger partial charge on any atom is 0.201 e. The van der Waals surface area contributed by atoms with Gasteiger partial charge in [0, 0.05) is 32.5 Å². The first-order valence-corrected chi connectivity index (χ1v) is 20.5. The Bertz CT molecular complexity index is 4050. The van der Waals surface area contributed by atoms with E-state index < -0.39 is 96.4 Å². The van der Waals surface area contributed by atoms with Gasteiger partial charge in [0.05, 0.1) is 26.9 Å². The van der Waals surface area contributed by atoms with Crippen molar-refractivity contribution in [2.24, 2.45) is 0 Å². The standard InChI is InChI=1S/C51H28B4O13/c1-14-21-23(36(53)41(58)31-24(21)27-30(39(14)56)48(65)51(68)49(66)34(27)46(63)43(31)60)20-12-18(15-5-3-2-4-6-15)11-19(13-20)16-7-9-17(10-8-16)22-28-25-26-29(37(54)40(28)57)38(55)50(67)47(64)33(26)45(62)44(61)32(25)42(59)35(22)52/h2-13,56-68H,1H3. The second-order valence-electron chi connectivity index (χ2n) is 16.8. The summed E-state index contributed by atoms with van der Waals surface area (Å²) in [5, 5.41) is 143. The normalized spacial score (nSPS) is 12.0. The summed E-state index contributed by atoms with van der Waals surface area (Å²) >= 11 is 0. The third kappa shape index (κ3) is 5.04. The van der Waals surface area contributed by atoms with Crippen molar-refractivity contribution in [3.63, 3.8) is 0 Å². The number of rotatable bonds is 4. The minimum atomic E-state index is -1.07. The van der Waals surface area contributed by atoms with E-state index in [0.29, 0.717) is 27.8 Å². The van der Waals surface area contributed by atoms with Crippen LogP contribution in [0.15, 0.2) is 72.8 Å². The highest BCUT2D eigenvalue weighted by Gasteiger charge is 2.34. The van der Waals surface area contributed by atoms with Crippen LogP contribution < -0.4 is 21.9 Å². The zero-order valence-electron chi connectivity index (χ0n) is 35.1. The zero-order valence-corrected chi connectivity index (χ0v) is 35.1. The average Bonchev–Trinajstić information content (AvgIpc) is 3.33. The van der Waals surface area contributed by atoms with Gasteiger partial charge in [-0.1, -0.05) is 54.6 Å². The Morgan fingerprint density at radius 1 is 0.250 bits per heavy atom. The number of phenolic OH excluding ortho intramolecular Hbond substituents is 13. The lowest BCUT2D eigenvalue weighted by Gasteiger charge is -2.25. The number of hydrogen-bond donors (Lipinski definition) is 13. The number of aromatic hydroxyl groups is 13. The number of aryl methyl sites for hydroxylation is 1. The molecular formula is C51H28B4O13. The van der Waals surface area contributed by atoms with E-state index in [2.05, 4.69) is 0 Å². The van der Waals surface area contributed by atoms with Crippen LogP contribution in [-0.2, 0) is 0 Å². The number of phenols is 13. The lowest BCUT2D eigenvalue weighted by Crippen LogP contribution is -2.19. The maximum absolute atomic E-state index is 11.8. The number of benzene rings is 11. The summed E-state index contributed by atoms with van der Waals surface area (Å²) in [4.78, 5) is 0. The Balaban J connectivity index is 1.18. The van der Waals surface area contributed by atoms with Gasteiger partial charge in [0.15, 0.2) is 46.0 Å². The van der Waals surface area contributed by atoms with E-state index in [1.165, 1.54) is 6.92 Å². The van der Waals surface area contributed by atoms with Crippen molar-refractivity contribution in [3.05, 3.63) is 78.4 Å². The molecule has 13 nitrogen and oxygen atoms in total. The molecule has 11 rings (SSSR count). The summed E-state index contributed by atoms with van der Waals surface area (Å²) < 4.78 is 0. The molecule has 0 amide bonds. The van der Waals surface area contributed by atoms with Crippen molar-refractivity contribution in [2.75, 3.05) is 0 Å². The molecule has 17 heteroatoms. The van der Waals surface area contributed by atoms with Crippen LogP contribution in [0, 0.1) is 6.92 Å². The topological polar surface area (TPSA) is 263 Å². The summed E-state index contributed by atoms with van der Waals surface area (Å²) in [6, 6.07) is 21.3. The van der Waals surface area contributed by atoms with E-state index in [1.54, 1.807) is 36.4 Å². The first-order chi connectivity index (χ1) is 32.3. The summed E-state index contributed by atoms with van der Waals surface area (Å²) in [5.41, 5.74) is 2.06. The van der Waals surface area contributed by atoms with E-state index >= 15 is 0 Å². The third-order valence-corrected chi connectivity index (χ3v) is 13.4. The molecule has 0 aromatic heterocycles. The molecule has 11 aromatic carbocycles. The minimum absolute atomic E-state index is 0.0137. The molecule has 8 radical (unpaired) electrons. The van der Waals surface area contributed by atoms with Gasteiger partial charge in [-0.3, -0.25) is 0 Å². The molecule has 0 bridgehead atoms. The van der Waals surface area contributed by atoms with E-state index in [1.807, 2.05) is 36.4 Å². The molecule has 68 heavy (non-hydrogen) atoms. The molecular weight excluding hydrogens is 864 g/mol. The lowest BCUT2D eigenvalue weighted by molar-refractivity contribution is 0.370. The van der Waals surface area contributed by atoms with Crippen LogP contribution in [0.3, 0.4) is 0 Å². The molecule has 0 aliphatic rings. The van der Waals surface area contributed by atoms with Crippen LogP contribution in [0.1, 0.15) is 5.56 Å². The third-order valence-electron chi connectivity index (χ3n) is 13.4. The van der Waals surface area contributed by atoms with Gasteiger partial charge in [0.25, 0.3) is 0 Å². The molecule has 0 aliphatic heterocycles. The quantitative estimate of drug-likeness (QED) is 0.0567. The van der Waals surface area contributed by atoms with Gasteiger partial charge in [-0.05, 0) is 102 Å². The molecule has 11 aromatic rings. The fourth-order valence-electron chi connectivity index (χ4n) is 10.2. The van der Waals surface area contributed by atoms with Crippen molar-refractivity contribution < 1.29 is 66.4 Å². The smallest absolute Gasteiger partial charge is 0.201 e. The van der Waals surface area contributed by atoms with Crippen LogP contribution in [0.25, 0.3) is 109 Å². The molecule has 13 N–H and O–H groups in total. The highest BCUT2D eigenvalue weighted by molar-refractivity contribution is 6.56. The average molecular weight is 892 g/mol. The molecule has 0 heterocycles. The van der Waals surface area contributed by atoms with Crippen molar-refractivity contribution in [3.8, 4) is 119 Å². The lowest BCUT2D eigenvalue weighted by atomic mass is 9.72. The second-order valence-corrected chi connectivity index (χ2v) is 16.8. The van der Waals surface area contributed by atoms with Gasteiger partial charge in [0.2, 0.25) is 5.75 Å². The molecule has 0 saturated carbocycles. The van der Waals surface area contributed by atoms with Crippen LogP contribution in [0.5, 0.6) is 74.7 Å². The van der Waals surface area contributed by atoms with E-state index in [0.717, 1.165) is 5.56 Å². The van der Waals surface area contributed by atoms with Crippen LogP contribution in [0.2, 0.25) is 0 Å². The molecule has 0 spiro atoms. The van der Waals surface area contributed by atoms with E-state index in [9.17, 15) is 66.4 Å². The van der Waals surface area contributed by atoms with E-state index in [-0.39, 0.29) is 81.6 Å². The first-order valence-electron chi connectivity index (χ1n) is 20.5. The Morgan fingerprint density at radius 3 is 1.12 bits per heavy atom. The Kier molecular flexibility index (Phi) is 8.52. The van der Waals surface area contributed by atoms with Crippen LogP contribution in [-0.4, -0.2) is 97.8 Å². The largest absolute Gasteiger partial charge is 0.508 e. The Morgan fingerprint density at radius 2 is 0.588 bits per heavy atom. The van der Waals surface area contributed by atoms with Gasteiger partial charge in [-0.2, -0.15) is 0 Å². The Labute approximate surface area is 387 Å². The van der Waals surface area contributed by atoms with Gasteiger partial charge in [0.1, 0.15) is 54.4 Å². The fraction of sp³-hybridized carbons (Fsp3) is 0.0196. The first kappa shape index (κ1) is 41.8. The van der Waals surface area contributed by atoms with Crippen LogP contribution >= 0.6 is 0 Å². The Hall–Kier alpha value is -8.84. The molecule has 0 saturated heterocycles. The maximum atomic E-state index is 11.8. The molecule has 0 unspecified atom stereocenters. The summed E-state index contributed by atoms with van der Waals surface area (Å²) in [5.74, 6) is -11.0. The minimum Gasteiger partial charge on any atom is -0.508 e. The zero-order chi connectivity index (χ0) is 48.4. The van der Waals surface area contributed by atoms with Gasteiger partial charge >= 0.3 is 0 Å². The summed E-state index contributed by atoms with van der Waals surface area (Å²) in [7, 11) is 26.0. The van der Waals surface area contributed by atoms with Gasteiger partial charge in [-0.25, -0.2) is 0 Å². The van der Waals surface area contributed by atoms with E-state index in [4.69, 9.17) is 31.4 Å². The van der Waals surface area contributed by atoms with Crippen molar-refractivity contribution in [1.82, 2.24) is 0 Å². The van der Waals surface area contributed by atoms with Gasteiger partial charge < -0.3 is 66.4 Å². The highest BCUT2D eigenvalue weighted by atomic mass is 16.3. The number of hydrogen-bond acceptors (Lipinski definition) is 13. The fourth-order valence-corrected chi connectivity index (χ4v) is 10.2. The SMILES string of the molecule is [B]c1c(O)c2c(O)c(O)c3c(O)c(O)c(O)c4c(O)c(C)c(c1-c1cc(-c5ccccc5)cc(-c5ccc(-c6c([B])c(O)c7c(O)c(O)c8c(O)c(O)c([B])c9c([B])c(O)c6c7c98)cc5)c1)c2c43. The molecule has 0 fully saturated rings.